The minimum absolute atomic E-state index is 0.0874. The van der Waals surface area contributed by atoms with Crippen LogP contribution in [0.15, 0.2) is 18.3 Å². The predicted molar refractivity (Wildman–Crippen MR) is 115 cm³/mol. The molecule has 0 bridgehead atoms. The molecule has 2 amide bonds. The molecule has 0 spiro atoms. The number of nitrogens with one attached hydrogen (secondary N) is 2. The van der Waals surface area contributed by atoms with E-state index in [1.165, 1.54) is 4.90 Å². The molecular weight excluding hydrogens is 384 g/mol. The molecule has 0 saturated carbocycles. The van der Waals surface area contributed by atoms with Crippen LogP contribution in [0.1, 0.15) is 58.3 Å². The van der Waals surface area contributed by atoms with Crippen LogP contribution in [0.2, 0.25) is 0 Å². The number of likely N-dealkylation sites (tertiary alicyclic amines) is 1. The maximum Gasteiger partial charge on any atom is 0.243 e. The van der Waals surface area contributed by atoms with Crippen molar-refractivity contribution in [3.8, 4) is 0 Å². The summed E-state index contributed by atoms with van der Waals surface area (Å²) in [5, 5.41) is 26.1. The largest absolute Gasteiger partial charge is 0.394 e. The summed E-state index contributed by atoms with van der Waals surface area (Å²) in [6, 6.07) is 1.73. The lowest BCUT2D eigenvalue weighted by atomic mass is 9.85. The highest BCUT2D eigenvalue weighted by Crippen LogP contribution is 2.27. The molecule has 1 aromatic heterocycles. The first-order valence-corrected chi connectivity index (χ1v) is 10.5. The topological polar surface area (TPSA) is 115 Å². The summed E-state index contributed by atoms with van der Waals surface area (Å²) in [7, 11) is 0. The monoisotopic (exact) mass is 420 g/mol. The van der Waals surface area contributed by atoms with Crippen molar-refractivity contribution in [3.63, 3.8) is 0 Å². The number of nitrogens with zero attached hydrogens (tertiary/aromatic N) is 2. The fraction of sp³-hybridized carbons (Fsp3) is 0.682. The second kappa shape index (κ2) is 9.85. The number of hydrogen-bond acceptors (Lipinski definition) is 6. The van der Waals surface area contributed by atoms with Crippen molar-refractivity contribution in [2.75, 3.05) is 13.2 Å². The van der Waals surface area contributed by atoms with E-state index < -0.39 is 30.1 Å². The van der Waals surface area contributed by atoms with E-state index in [0.29, 0.717) is 5.69 Å². The van der Waals surface area contributed by atoms with Crippen LogP contribution in [-0.2, 0) is 9.59 Å². The molecule has 1 fully saturated rings. The van der Waals surface area contributed by atoms with Crippen molar-refractivity contribution in [1.82, 2.24) is 20.5 Å². The average Bonchev–Trinajstić information content (AvgIpc) is 3.05. The molecule has 1 aromatic rings. The molecule has 0 aromatic carbocycles. The number of aliphatic hydroxyl groups excluding tert-OH is 2. The maximum atomic E-state index is 13.4. The summed E-state index contributed by atoms with van der Waals surface area (Å²) >= 11 is 0. The van der Waals surface area contributed by atoms with Crippen molar-refractivity contribution in [1.29, 1.82) is 0 Å². The third kappa shape index (κ3) is 6.00. The number of pyridine rings is 1. The van der Waals surface area contributed by atoms with Gasteiger partial charge in [-0.25, -0.2) is 0 Å². The molecule has 1 aliphatic rings. The SMILES string of the molecule is Cc1ccc([C@H](CO)NC(=O)[C@@H]2C[C@@H](O)CN2C(=O)[C@@H](NC(C)C)C(C)(C)C)nc1. The van der Waals surface area contributed by atoms with Gasteiger partial charge in [-0.2, -0.15) is 0 Å². The van der Waals surface area contributed by atoms with Crippen molar-refractivity contribution < 1.29 is 19.8 Å². The average molecular weight is 421 g/mol. The number of carbonyl (C=O) groups is 2. The lowest BCUT2D eigenvalue weighted by molar-refractivity contribution is -0.142. The van der Waals surface area contributed by atoms with E-state index in [1.54, 1.807) is 12.3 Å². The van der Waals surface area contributed by atoms with Gasteiger partial charge >= 0.3 is 0 Å². The van der Waals surface area contributed by atoms with Crippen LogP contribution >= 0.6 is 0 Å². The Labute approximate surface area is 179 Å². The van der Waals surface area contributed by atoms with Gasteiger partial charge in [-0.3, -0.25) is 14.6 Å². The molecule has 0 radical (unpaired) electrons. The summed E-state index contributed by atoms with van der Waals surface area (Å²) in [4.78, 5) is 32.1. The summed E-state index contributed by atoms with van der Waals surface area (Å²) < 4.78 is 0. The summed E-state index contributed by atoms with van der Waals surface area (Å²) in [5.41, 5.74) is 1.15. The zero-order chi connectivity index (χ0) is 22.6. The van der Waals surface area contributed by atoms with Gasteiger partial charge in [0, 0.05) is 25.2 Å². The minimum Gasteiger partial charge on any atom is -0.394 e. The normalized spacial score (nSPS) is 21.6. The van der Waals surface area contributed by atoms with Crippen LogP contribution in [0.25, 0.3) is 0 Å². The molecule has 0 aliphatic carbocycles. The molecule has 4 atom stereocenters. The van der Waals surface area contributed by atoms with E-state index >= 15 is 0 Å². The van der Waals surface area contributed by atoms with Gasteiger partial charge in [0.1, 0.15) is 6.04 Å². The van der Waals surface area contributed by atoms with Crippen molar-refractivity contribution in [3.05, 3.63) is 29.6 Å². The van der Waals surface area contributed by atoms with Crippen LogP contribution in [0.4, 0.5) is 0 Å². The van der Waals surface area contributed by atoms with Gasteiger partial charge in [0.15, 0.2) is 0 Å². The minimum atomic E-state index is -0.800. The van der Waals surface area contributed by atoms with Gasteiger partial charge in [0.05, 0.1) is 30.5 Å². The Morgan fingerprint density at radius 2 is 1.97 bits per heavy atom. The molecule has 2 heterocycles. The summed E-state index contributed by atoms with van der Waals surface area (Å²) in [6.45, 7) is 11.5. The highest BCUT2D eigenvalue weighted by Gasteiger charge is 2.44. The smallest absolute Gasteiger partial charge is 0.243 e. The Hall–Kier alpha value is -2.03. The van der Waals surface area contributed by atoms with Crippen LogP contribution in [0.3, 0.4) is 0 Å². The molecule has 1 aliphatic heterocycles. The van der Waals surface area contributed by atoms with Crippen molar-refractivity contribution in [2.24, 2.45) is 5.41 Å². The second-order valence-electron chi connectivity index (χ2n) is 9.52. The third-order valence-electron chi connectivity index (χ3n) is 5.27. The number of carbonyl (C=O) groups excluding carboxylic acids is 2. The van der Waals surface area contributed by atoms with E-state index in [4.69, 9.17) is 0 Å². The highest BCUT2D eigenvalue weighted by molar-refractivity contribution is 5.91. The zero-order valence-corrected chi connectivity index (χ0v) is 18.8. The number of hydrogen-bond donors (Lipinski definition) is 4. The zero-order valence-electron chi connectivity index (χ0n) is 18.8. The highest BCUT2D eigenvalue weighted by atomic mass is 16.3. The number of aryl methyl sites for hydroxylation is 1. The third-order valence-corrected chi connectivity index (χ3v) is 5.27. The Morgan fingerprint density at radius 3 is 2.47 bits per heavy atom. The molecule has 8 heteroatoms. The molecule has 8 nitrogen and oxygen atoms in total. The number of β-amino-alcohol motifs (C(OH)–C–C–N with tert-alkyl or cyclic N) is 1. The van der Waals surface area contributed by atoms with Crippen molar-refractivity contribution in [2.45, 2.75) is 78.2 Å². The van der Waals surface area contributed by atoms with Gasteiger partial charge in [0.25, 0.3) is 0 Å². The Morgan fingerprint density at radius 1 is 1.30 bits per heavy atom. The van der Waals surface area contributed by atoms with Crippen LogP contribution in [0.5, 0.6) is 0 Å². The fourth-order valence-corrected chi connectivity index (χ4v) is 3.66. The molecule has 30 heavy (non-hydrogen) atoms. The first kappa shape index (κ1) is 24.2. The van der Waals surface area contributed by atoms with Gasteiger partial charge in [-0.15, -0.1) is 0 Å². The van der Waals surface area contributed by atoms with E-state index in [1.807, 2.05) is 47.6 Å². The first-order chi connectivity index (χ1) is 13.9. The maximum absolute atomic E-state index is 13.4. The van der Waals surface area contributed by atoms with E-state index in [9.17, 15) is 19.8 Å². The van der Waals surface area contributed by atoms with Crippen LogP contribution < -0.4 is 10.6 Å². The van der Waals surface area contributed by atoms with Crippen molar-refractivity contribution >= 4 is 11.8 Å². The summed E-state index contributed by atoms with van der Waals surface area (Å²) in [5.74, 6) is -0.611. The Bertz CT molecular complexity index is 730. The molecule has 1 saturated heterocycles. The van der Waals surface area contributed by atoms with Crippen LogP contribution in [0, 0.1) is 12.3 Å². The first-order valence-electron chi connectivity index (χ1n) is 10.5. The van der Waals surface area contributed by atoms with Gasteiger partial charge in [-0.1, -0.05) is 40.7 Å². The Balaban J connectivity index is 2.20. The molecule has 4 N–H and O–H groups in total. The molecule has 0 unspecified atom stereocenters. The lowest BCUT2D eigenvalue weighted by Gasteiger charge is -2.36. The number of rotatable bonds is 7. The van der Waals surface area contributed by atoms with E-state index in [-0.39, 0.29) is 36.9 Å². The van der Waals surface area contributed by atoms with E-state index in [2.05, 4.69) is 15.6 Å². The fourth-order valence-electron chi connectivity index (χ4n) is 3.66. The Kier molecular flexibility index (Phi) is 7.96. The number of aromatic nitrogens is 1. The van der Waals surface area contributed by atoms with Gasteiger partial charge < -0.3 is 25.7 Å². The summed E-state index contributed by atoms with van der Waals surface area (Å²) in [6.07, 6.45) is 1.06. The second-order valence-corrected chi connectivity index (χ2v) is 9.52. The predicted octanol–water partition coefficient (Wildman–Crippen LogP) is 0.914. The van der Waals surface area contributed by atoms with Gasteiger partial charge in [-0.05, 0) is 24.0 Å². The number of amides is 2. The standard InChI is InChI=1S/C22H36N4O4/c1-13(2)24-19(22(4,5)6)21(30)26-11-15(28)9-18(26)20(29)25-17(12-27)16-8-7-14(3)10-23-16/h7-8,10,13,15,17-19,24,27-28H,9,11-12H2,1-6H3,(H,25,29)/t15-,17+,18+,19-/m1/s1. The van der Waals surface area contributed by atoms with Crippen LogP contribution in [-0.4, -0.2) is 69.3 Å². The number of aliphatic hydroxyl groups is 2. The molecular formula is C22H36N4O4. The lowest BCUT2D eigenvalue weighted by Crippen LogP contribution is -2.58. The van der Waals surface area contributed by atoms with E-state index in [0.717, 1.165) is 5.56 Å². The molecule has 168 valence electrons. The van der Waals surface area contributed by atoms with Gasteiger partial charge in [0.2, 0.25) is 11.8 Å². The molecule has 2 rings (SSSR count). The quantitative estimate of drug-likeness (QED) is 0.521.